The van der Waals surface area contributed by atoms with Gasteiger partial charge in [-0.25, -0.2) is 0 Å². The highest BCUT2D eigenvalue weighted by molar-refractivity contribution is 7.86. The van der Waals surface area contributed by atoms with Crippen LogP contribution in [0.1, 0.15) is 22.4 Å². The molecule has 2 aromatic carbocycles. The Morgan fingerprint density at radius 2 is 1.81 bits per heavy atom. The molecule has 0 spiro atoms. The number of hydrogen-bond donors (Lipinski definition) is 0. The van der Waals surface area contributed by atoms with Crippen molar-refractivity contribution in [3.8, 4) is 6.07 Å². The minimum atomic E-state index is -4.08. The monoisotopic (exact) mass is 464 g/mol. The molecule has 0 bridgehead atoms. The largest absolute Gasteiger partial charge is 0.358 e. The summed E-state index contributed by atoms with van der Waals surface area (Å²) in [5.74, 6) is 0. The van der Waals surface area contributed by atoms with E-state index in [-0.39, 0.29) is 10.6 Å². The molecule has 160 valence electrons. The van der Waals surface area contributed by atoms with Crippen molar-refractivity contribution >= 4 is 38.6 Å². The van der Waals surface area contributed by atoms with E-state index < -0.39 is 10.1 Å². The molecule has 0 unspecified atom stereocenters. The van der Waals surface area contributed by atoms with Crippen LogP contribution >= 0.6 is 11.6 Å². The van der Waals surface area contributed by atoms with Gasteiger partial charge in [0.05, 0.1) is 17.5 Å². The first-order chi connectivity index (χ1) is 15.3. The third-order valence-corrected chi connectivity index (χ3v) is 6.31. The van der Waals surface area contributed by atoms with Crippen LogP contribution in [0.3, 0.4) is 0 Å². The van der Waals surface area contributed by atoms with Gasteiger partial charge in [0.1, 0.15) is 16.7 Å². The quantitative estimate of drug-likeness (QED) is 0.418. The van der Waals surface area contributed by atoms with Crippen molar-refractivity contribution in [1.29, 1.82) is 5.26 Å². The third-order valence-electron chi connectivity index (χ3n) is 4.94. The molecule has 32 heavy (non-hydrogen) atoms. The molecule has 4 rings (SSSR count). The van der Waals surface area contributed by atoms with Crippen LogP contribution in [0.5, 0.6) is 0 Å². The maximum Gasteiger partial charge on any atom is 0.358 e. The molecule has 0 aliphatic heterocycles. The molecule has 1 aliphatic rings. The van der Waals surface area contributed by atoms with Crippen molar-refractivity contribution in [2.45, 2.75) is 11.8 Å². The van der Waals surface area contributed by atoms with Gasteiger partial charge in [-0.15, -0.1) is 0 Å². The maximum absolute atomic E-state index is 12.5. The molecule has 7 nitrogen and oxygen atoms in total. The molecule has 0 atom stereocenters. The Bertz CT molecular complexity index is 1430. The van der Waals surface area contributed by atoms with Gasteiger partial charge in [-0.1, -0.05) is 52.7 Å². The SMILES string of the molecule is Cc1ccc(S(=O)(=O)O/N=C2C=C/C(=C(/C#N)c3ccc(Cl)cc3)c3cnn(C)c3/2)cc1. The smallest absolute Gasteiger partial charge is 0.266 e. The fourth-order valence-electron chi connectivity index (χ4n) is 3.30. The zero-order valence-corrected chi connectivity index (χ0v) is 18.7. The third kappa shape index (κ3) is 4.08. The Hall–Kier alpha value is -3.67. The van der Waals surface area contributed by atoms with Crippen molar-refractivity contribution < 1.29 is 12.7 Å². The zero-order chi connectivity index (χ0) is 22.9. The Morgan fingerprint density at radius 3 is 2.47 bits per heavy atom. The number of allylic oxidation sites excluding steroid dienone is 4. The van der Waals surface area contributed by atoms with Crippen molar-refractivity contribution in [3.63, 3.8) is 0 Å². The van der Waals surface area contributed by atoms with Gasteiger partial charge in [-0.2, -0.15) is 18.8 Å². The number of oxime groups is 1. The second-order valence-corrected chi connectivity index (χ2v) is 9.05. The molecule has 0 N–H and O–H groups in total. The average Bonchev–Trinajstić information content (AvgIpc) is 3.17. The van der Waals surface area contributed by atoms with Gasteiger partial charge in [0.2, 0.25) is 0 Å². The summed E-state index contributed by atoms with van der Waals surface area (Å²) in [4.78, 5) is 0.00700. The average molecular weight is 465 g/mol. The van der Waals surface area contributed by atoms with Crippen molar-refractivity contribution in [1.82, 2.24) is 9.78 Å². The molecule has 1 aliphatic carbocycles. The number of rotatable bonds is 4. The lowest BCUT2D eigenvalue weighted by Gasteiger charge is -2.14. The van der Waals surface area contributed by atoms with E-state index in [9.17, 15) is 13.7 Å². The van der Waals surface area contributed by atoms with Gasteiger partial charge in [-0.05, 0) is 42.8 Å². The number of benzene rings is 2. The summed E-state index contributed by atoms with van der Waals surface area (Å²) in [5, 5.41) is 18.5. The van der Waals surface area contributed by atoms with Crippen molar-refractivity contribution in [3.05, 3.63) is 94.3 Å². The Labute approximate surface area is 190 Å². The van der Waals surface area contributed by atoms with Gasteiger partial charge in [0.25, 0.3) is 0 Å². The Kier molecular flexibility index (Phi) is 5.70. The number of nitriles is 1. The highest BCUT2D eigenvalue weighted by atomic mass is 35.5. The molecule has 0 amide bonds. The highest BCUT2D eigenvalue weighted by Crippen LogP contribution is 2.33. The lowest BCUT2D eigenvalue weighted by molar-refractivity contribution is 0.339. The summed E-state index contributed by atoms with van der Waals surface area (Å²) in [5.41, 5.74) is 4.13. The Morgan fingerprint density at radius 1 is 1.12 bits per heavy atom. The summed E-state index contributed by atoms with van der Waals surface area (Å²) >= 11 is 5.97. The molecular formula is C23H17ClN4O3S. The van der Waals surface area contributed by atoms with Crippen LogP contribution in [0.15, 0.2) is 76.9 Å². The summed E-state index contributed by atoms with van der Waals surface area (Å²) in [6.45, 7) is 1.86. The highest BCUT2D eigenvalue weighted by Gasteiger charge is 2.24. The van der Waals surface area contributed by atoms with Gasteiger partial charge in [-0.3, -0.25) is 8.97 Å². The number of aromatic nitrogens is 2. The van der Waals surface area contributed by atoms with Crippen molar-refractivity contribution in [2.75, 3.05) is 0 Å². The van der Waals surface area contributed by atoms with Crippen LogP contribution in [-0.2, 0) is 21.4 Å². The van der Waals surface area contributed by atoms with Gasteiger partial charge < -0.3 is 0 Å². The summed E-state index contributed by atoms with van der Waals surface area (Å²) < 4.78 is 31.5. The van der Waals surface area contributed by atoms with Crippen LogP contribution in [-0.4, -0.2) is 23.9 Å². The molecule has 1 aromatic heterocycles. The van der Waals surface area contributed by atoms with Gasteiger partial charge in [0.15, 0.2) is 0 Å². The predicted molar refractivity (Wildman–Crippen MR) is 122 cm³/mol. The minimum Gasteiger partial charge on any atom is -0.266 e. The molecule has 9 heteroatoms. The van der Waals surface area contributed by atoms with E-state index in [1.807, 2.05) is 6.92 Å². The normalized spacial score (nSPS) is 15.9. The number of fused-ring (bicyclic) bond motifs is 1. The molecule has 0 saturated carbocycles. The van der Waals surface area contributed by atoms with E-state index in [1.54, 1.807) is 66.5 Å². The Balaban J connectivity index is 1.75. The first kappa shape index (κ1) is 21.6. The number of halogens is 1. The molecule has 0 saturated heterocycles. The van der Waals surface area contributed by atoms with Crippen LogP contribution in [0.25, 0.3) is 11.1 Å². The number of aryl methyl sites for hydroxylation is 2. The van der Waals surface area contributed by atoms with E-state index in [0.29, 0.717) is 33.0 Å². The maximum atomic E-state index is 12.5. The van der Waals surface area contributed by atoms with E-state index >= 15 is 0 Å². The first-order valence-electron chi connectivity index (χ1n) is 9.49. The predicted octanol–water partition coefficient (Wildman–Crippen LogP) is 4.50. The minimum absolute atomic E-state index is 0.00700. The van der Waals surface area contributed by atoms with Gasteiger partial charge in [0, 0.05) is 23.2 Å². The number of hydrogen-bond acceptors (Lipinski definition) is 6. The fourth-order valence-corrected chi connectivity index (χ4v) is 4.15. The second kappa shape index (κ2) is 8.46. The fraction of sp³-hybridized carbons (Fsp3) is 0.0870. The lowest BCUT2D eigenvalue weighted by atomic mass is 9.91. The van der Waals surface area contributed by atoms with E-state index in [2.05, 4.69) is 16.3 Å². The molecule has 0 radical (unpaired) electrons. The standard InChI is InChI=1S/C23H17ClN4O3S/c1-15-3-9-18(10-4-15)32(29,30)31-27-22-12-11-19(21-14-26-28(2)23(21)22)20(13-25)16-5-7-17(24)8-6-16/h3-12,14H,1-2H3/b20-19+,27-22-. The summed E-state index contributed by atoms with van der Waals surface area (Å²) in [7, 11) is -2.38. The van der Waals surface area contributed by atoms with Crippen LogP contribution < -0.4 is 0 Å². The molecule has 1 heterocycles. The molecular weight excluding hydrogens is 448 g/mol. The van der Waals surface area contributed by atoms with E-state index in [1.165, 1.54) is 12.1 Å². The van der Waals surface area contributed by atoms with Crippen LogP contribution in [0, 0.1) is 18.3 Å². The molecule has 3 aromatic rings. The second-order valence-electron chi connectivity index (χ2n) is 7.09. The molecule has 0 fully saturated rings. The number of nitrogens with zero attached hydrogens (tertiary/aromatic N) is 4. The summed E-state index contributed by atoms with van der Waals surface area (Å²) in [6.07, 6.45) is 4.89. The van der Waals surface area contributed by atoms with Crippen LogP contribution in [0.4, 0.5) is 0 Å². The first-order valence-corrected chi connectivity index (χ1v) is 11.3. The summed E-state index contributed by atoms with van der Waals surface area (Å²) in [6, 6.07) is 15.5. The zero-order valence-electron chi connectivity index (χ0n) is 17.2. The van der Waals surface area contributed by atoms with Crippen LogP contribution in [0.2, 0.25) is 5.02 Å². The topological polar surface area (TPSA) is 97.3 Å². The van der Waals surface area contributed by atoms with Gasteiger partial charge >= 0.3 is 10.1 Å². The van der Waals surface area contributed by atoms with Crippen molar-refractivity contribution in [2.24, 2.45) is 12.2 Å². The lowest BCUT2D eigenvalue weighted by Crippen LogP contribution is -2.13. The van der Waals surface area contributed by atoms with E-state index in [4.69, 9.17) is 15.9 Å². The van der Waals surface area contributed by atoms with E-state index in [0.717, 1.165) is 5.56 Å².